The summed E-state index contributed by atoms with van der Waals surface area (Å²) in [7, 11) is -3.27. The first-order valence-corrected chi connectivity index (χ1v) is 19.1. The Bertz CT molecular complexity index is 715. The van der Waals surface area contributed by atoms with Crippen LogP contribution < -0.4 is 0 Å². The third-order valence-corrected chi connectivity index (χ3v) is 20.4. The molecule has 0 bridgehead atoms. The van der Waals surface area contributed by atoms with E-state index in [9.17, 15) is 0 Å². The zero-order valence-corrected chi connectivity index (χ0v) is 25.0. The lowest BCUT2D eigenvalue weighted by Gasteiger charge is -2.40. The van der Waals surface area contributed by atoms with Crippen molar-refractivity contribution in [2.75, 3.05) is 6.61 Å². The SMILES string of the molecule is CC[Si](CC)(CC)/C(=C/[C@@H]1O[C@H](CO[Si](C)(C)C(C)(C)C)CC[C@@H]1C)Sc1ccccc1. The monoisotopic (exact) mass is 492 g/mol. The average Bonchev–Trinajstić information content (AvgIpc) is 2.75. The molecule has 2 rings (SSSR count). The molecule has 0 amide bonds. The molecule has 0 spiro atoms. The molecule has 0 N–H and O–H groups in total. The van der Waals surface area contributed by atoms with E-state index in [4.69, 9.17) is 9.16 Å². The second-order valence-electron chi connectivity index (χ2n) is 11.1. The molecule has 0 aliphatic carbocycles. The largest absolute Gasteiger partial charge is 0.414 e. The van der Waals surface area contributed by atoms with Gasteiger partial charge in [0.05, 0.1) is 26.9 Å². The Labute approximate surface area is 205 Å². The molecule has 1 heterocycles. The smallest absolute Gasteiger partial charge is 0.192 e. The van der Waals surface area contributed by atoms with E-state index in [0.717, 1.165) is 13.0 Å². The van der Waals surface area contributed by atoms with Crippen molar-refractivity contribution in [3.63, 3.8) is 0 Å². The highest BCUT2D eigenvalue weighted by Crippen LogP contribution is 2.42. The predicted octanol–water partition coefficient (Wildman–Crippen LogP) is 8.92. The van der Waals surface area contributed by atoms with Crippen LogP contribution in [0.3, 0.4) is 0 Å². The van der Waals surface area contributed by atoms with Crippen LogP contribution in [-0.4, -0.2) is 35.2 Å². The van der Waals surface area contributed by atoms with Gasteiger partial charge in [0.15, 0.2) is 8.32 Å². The number of thioether (sulfide) groups is 1. The maximum Gasteiger partial charge on any atom is 0.192 e. The molecule has 0 radical (unpaired) electrons. The van der Waals surface area contributed by atoms with E-state index in [2.05, 4.69) is 98.0 Å². The van der Waals surface area contributed by atoms with Crippen molar-refractivity contribution in [1.29, 1.82) is 0 Å². The van der Waals surface area contributed by atoms with Gasteiger partial charge in [0.25, 0.3) is 0 Å². The summed E-state index contributed by atoms with van der Waals surface area (Å²) >= 11 is 2.01. The zero-order chi connectivity index (χ0) is 24.0. The van der Waals surface area contributed by atoms with Gasteiger partial charge < -0.3 is 9.16 Å². The van der Waals surface area contributed by atoms with Gasteiger partial charge in [-0.3, -0.25) is 0 Å². The lowest BCUT2D eigenvalue weighted by molar-refractivity contribution is -0.0727. The molecule has 1 fully saturated rings. The van der Waals surface area contributed by atoms with E-state index >= 15 is 0 Å². The van der Waals surface area contributed by atoms with Crippen LogP contribution in [0.2, 0.25) is 36.3 Å². The van der Waals surface area contributed by atoms with Gasteiger partial charge in [-0.1, -0.05) is 96.6 Å². The van der Waals surface area contributed by atoms with Crippen LogP contribution in [0, 0.1) is 5.92 Å². The third-order valence-electron chi connectivity index (χ3n) is 8.13. The summed E-state index contributed by atoms with van der Waals surface area (Å²) < 4.78 is 14.9. The number of benzene rings is 1. The summed E-state index contributed by atoms with van der Waals surface area (Å²) in [4.78, 5) is 1.35. The predicted molar refractivity (Wildman–Crippen MR) is 148 cm³/mol. The standard InChI is InChI=1S/C27H48O2SSi2/c1-10-32(11-2,12-3)26(30-24-16-14-13-15-17-24)20-25-22(4)18-19-23(29-25)21-28-31(8,9)27(5,6)7/h13-17,20,22-23,25H,10-12,18-19,21H2,1-9H3/b26-20+/t22-,23-,25-/m0/s1. The molecule has 1 aliphatic rings. The lowest BCUT2D eigenvalue weighted by atomic mass is 9.93. The summed E-state index contributed by atoms with van der Waals surface area (Å²) in [5, 5.41) is 0.238. The molecule has 1 aliphatic heterocycles. The van der Waals surface area contributed by atoms with Crippen molar-refractivity contribution in [1.82, 2.24) is 0 Å². The van der Waals surface area contributed by atoms with Gasteiger partial charge in [0, 0.05) is 4.90 Å². The summed E-state index contributed by atoms with van der Waals surface area (Å²) in [5.41, 5.74) is 0. The molecular formula is C27H48O2SSi2. The van der Waals surface area contributed by atoms with E-state index in [1.807, 2.05) is 11.8 Å². The average molecular weight is 493 g/mol. The van der Waals surface area contributed by atoms with Crippen LogP contribution in [0.15, 0.2) is 45.8 Å². The molecule has 2 nitrogen and oxygen atoms in total. The molecule has 32 heavy (non-hydrogen) atoms. The Balaban J connectivity index is 2.25. The number of hydrogen-bond acceptors (Lipinski definition) is 3. The van der Waals surface area contributed by atoms with E-state index in [0.29, 0.717) is 5.92 Å². The van der Waals surface area contributed by atoms with E-state index in [1.165, 1.54) is 29.4 Å². The first-order valence-electron chi connectivity index (χ1n) is 12.7. The van der Waals surface area contributed by atoms with Gasteiger partial charge in [-0.25, -0.2) is 0 Å². The minimum absolute atomic E-state index is 0.194. The Hall–Kier alpha value is -0.336. The first-order chi connectivity index (χ1) is 15.0. The summed E-state index contributed by atoms with van der Waals surface area (Å²) in [6, 6.07) is 14.8. The topological polar surface area (TPSA) is 18.5 Å². The van der Waals surface area contributed by atoms with Crippen LogP contribution in [-0.2, 0) is 9.16 Å². The molecule has 1 aromatic rings. The minimum Gasteiger partial charge on any atom is -0.414 e. The highest BCUT2D eigenvalue weighted by Gasteiger charge is 2.39. The molecule has 1 aromatic carbocycles. The second-order valence-corrected chi connectivity index (χ2v) is 22.6. The fourth-order valence-electron chi connectivity index (χ4n) is 4.24. The van der Waals surface area contributed by atoms with Crippen LogP contribution in [0.25, 0.3) is 0 Å². The van der Waals surface area contributed by atoms with Gasteiger partial charge in [0.2, 0.25) is 0 Å². The van der Waals surface area contributed by atoms with Gasteiger partial charge in [-0.2, -0.15) is 0 Å². The third kappa shape index (κ3) is 7.08. The maximum absolute atomic E-state index is 6.73. The van der Waals surface area contributed by atoms with Crippen LogP contribution >= 0.6 is 11.8 Å². The maximum atomic E-state index is 6.73. The van der Waals surface area contributed by atoms with Crippen molar-refractivity contribution >= 4 is 28.2 Å². The van der Waals surface area contributed by atoms with Crippen LogP contribution in [0.1, 0.15) is 61.3 Å². The molecule has 0 saturated carbocycles. The Kier molecular flexibility index (Phi) is 10.4. The van der Waals surface area contributed by atoms with Crippen molar-refractivity contribution in [2.45, 2.75) is 115 Å². The molecule has 3 atom stereocenters. The van der Waals surface area contributed by atoms with Gasteiger partial charge in [-0.05, 0) is 59.6 Å². The highest BCUT2D eigenvalue weighted by atomic mass is 32.2. The fraction of sp³-hybridized carbons (Fsp3) is 0.704. The summed E-state index contributed by atoms with van der Waals surface area (Å²) in [6.45, 7) is 21.9. The summed E-state index contributed by atoms with van der Waals surface area (Å²) in [5.74, 6) is 0.558. The first kappa shape index (κ1) is 27.9. The van der Waals surface area contributed by atoms with E-state index in [1.54, 1.807) is 4.53 Å². The second kappa shape index (κ2) is 11.9. The van der Waals surface area contributed by atoms with Crippen molar-refractivity contribution < 1.29 is 9.16 Å². The lowest BCUT2D eigenvalue weighted by Crippen LogP contribution is -2.45. The van der Waals surface area contributed by atoms with Crippen molar-refractivity contribution in [2.24, 2.45) is 5.92 Å². The Morgan fingerprint density at radius 3 is 2.19 bits per heavy atom. The van der Waals surface area contributed by atoms with Crippen molar-refractivity contribution in [3.8, 4) is 0 Å². The quantitative estimate of drug-likeness (QED) is 0.240. The normalized spacial score (nSPS) is 23.4. The molecule has 182 valence electrons. The van der Waals surface area contributed by atoms with E-state index in [-0.39, 0.29) is 17.2 Å². The Morgan fingerprint density at radius 1 is 1.06 bits per heavy atom. The van der Waals surface area contributed by atoms with Crippen LogP contribution in [0.5, 0.6) is 0 Å². The molecule has 0 unspecified atom stereocenters. The van der Waals surface area contributed by atoms with Gasteiger partial charge in [-0.15, -0.1) is 0 Å². The van der Waals surface area contributed by atoms with Crippen molar-refractivity contribution in [3.05, 3.63) is 40.9 Å². The molecule has 5 heteroatoms. The van der Waals surface area contributed by atoms with Gasteiger partial charge in [0.1, 0.15) is 0 Å². The molecule has 1 saturated heterocycles. The minimum atomic E-state index is -1.75. The molecule has 0 aromatic heterocycles. The summed E-state index contributed by atoms with van der Waals surface area (Å²) in [6.07, 6.45) is 5.28. The molecular weight excluding hydrogens is 445 g/mol. The number of ether oxygens (including phenoxy) is 1. The zero-order valence-electron chi connectivity index (χ0n) is 22.2. The fourth-order valence-corrected chi connectivity index (χ4v) is 11.6. The van der Waals surface area contributed by atoms with E-state index < -0.39 is 16.4 Å². The van der Waals surface area contributed by atoms with Crippen LogP contribution in [0.4, 0.5) is 0 Å². The van der Waals surface area contributed by atoms with Gasteiger partial charge >= 0.3 is 0 Å². The number of hydrogen-bond donors (Lipinski definition) is 0. The highest BCUT2D eigenvalue weighted by molar-refractivity contribution is 8.05. The number of rotatable bonds is 10. The Morgan fingerprint density at radius 2 is 1.66 bits per heavy atom.